The molecule has 2 aromatic heterocycles. The molecule has 7 heteroatoms. The summed E-state index contributed by atoms with van der Waals surface area (Å²) >= 11 is 0. The Hall–Kier alpha value is -3.22. The smallest absolute Gasteiger partial charge is 0.254 e. The fourth-order valence-corrected chi connectivity index (χ4v) is 3.63. The first-order valence-corrected chi connectivity index (χ1v) is 9.81. The maximum atomic E-state index is 14.1. The lowest BCUT2D eigenvalue weighted by Gasteiger charge is -2.35. The number of para-hydroxylation sites is 1. The highest BCUT2D eigenvalue weighted by Crippen LogP contribution is 2.24. The van der Waals surface area contributed by atoms with Crippen molar-refractivity contribution in [1.82, 2.24) is 15.0 Å². The zero-order valence-corrected chi connectivity index (χ0v) is 16.6. The Labute approximate surface area is 168 Å². The minimum atomic E-state index is -0.189. The van der Waals surface area contributed by atoms with Crippen LogP contribution in [0.2, 0.25) is 0 Å². The summed E-state index contributed by atoms with van der Waals surface area (Å²) < 4.78 is 14.1. The molecule has 0 spiro atoms. The summed E-state index contributed by atoms with van der Waals surface area (Å²) in [6.07, 6.45) is 3.69. The van der Waals surface area contributed by atoms with Crippen LogP contribution in [0.5, 0.6) is 0 Å². The van der Waals surface area contributed by atoms with Gasteiger partial charge in [-0.2, -0.15) is 0 Å². The lowest BCUT2D eigenvalue weighted by Crippen LogP contribution is -2.42. The summed E-state index contributed by atoms with van der Waals surface area (Å²) in [5.74, 6) is 1.08. The van der Waals surface area contributed by atoms with Gasteiger partial charge >= 0.3 is 0 Å². The number of aryl methyl sites for hydroxylation is 1. The fraction of sp³-hybridized carbons (Fsp3) is 0.318. The van der Waals surface area contributed by atoms with Gasteiger partial charge in [0, 0.05) is 42.1 Å². The molecule has 0 bridgehead atoms. The monoisotopic (exact) mass is 393 g/mol. The second kappa shape index (κ2) is 8.03. The minimum Gasteiger partial charge on any atom is -0.367 e. The summed E-state index contributed by atoms with van der Waals surface area (Å²) in [4.78, 5) is 25.8. The predicted molar refractivity (Wildman–Crippen MR) is 113 cm³/mol. The van der Waals surface area contributed by atoms with Gasteiger partial charge in [0.2, 0.25) is 0 Å². The van der Waals surface area contributed by atoms with E-state index in [2.05, 4.69) is 25.2 Å². The predicted octanol–water partition coefficient (Wildman–Crippen LogP) is 3.67. The van der Waals surface area contributed by atoms with Crippen molar-refractivity contribution in [3.63, 3.8) is 0 Å². The van der Waals surface area contributed by atoms with Crippen LogP contribution in [-0.2, 0) is 0 Å². The zero-order chi connectivity index (χ0) is 20.4. The molecule has 1 atom stereocenters. The molecule has 150 valence electrons. The van der Waals surface area contributed by atoms with Crippen LogP contribution in [0.1, 0.15) is 24.1 Å². The average Bonchev–Trinajstić information content (AvgIpc) is 2.73. The van der Waals surface area contributed by atoms with Gasteiger partial charge in [-0.1, -0.05) is 12.1 Å². The number of aromatic nitrogens is 3. The molecule has 29 heavy (non-hydrogen) atoms. The maximum absolute atomic E-state index is 14.1. The average molecular weight is 393 g/mol. The number of benzene rings is 1. The Morgan fingerprint density at radius 2 is 2.03 bits per heavy atom. The first kappa shape index (κ1) is 19.1. The molecule has 1 unspecified atom stereocenters. The van der Waals surface area contributed by atoms with Crippen molar-refractivity contribution < 1.29 is 4.39 Å². The number of rotatable bonds is 4. The summed E-state index contributed by atoms with van der Waals surface area (Å²) in [6, 6.07) is 10.8. The van der Waals surface area contributed by atoms with Crippen LogP contribution in [0.15, 0.2) is 47.4 Å². The van der Waals surface area contributed by atoms with E-state index in [1.807, 2.05) is 31.2 Å². The van der Waals surface area contributed by atoms with E-state index < -0.39 is 0 Å². The van der Waals surface area contributed by atoms with Gasteiger partial charge in [0.25, 0.3) is 5.56 Å². The number of H-pyrrole nitrogens is 1. The summed E-state index contributed by atoms with van der Waals surface area (Å²) in [5, 5.41) is 3.44. The Morgan fingerprint density at radius 3 is 2.76 bits per heavy atom. The number of nitrogens with one attached hydrogen (secondary N) is 2. The van der Waals surface area contributed by atoms with Gasteiger partial charge < -0.3 is 15.2 Å². The first-order chi connectivity index (χ1) is 14.0. The minimum absolute atomic E-state index is 0.134. The molecule has 3 aromatic rings. The van der Waals surface area contributed by atoms with E-state index in [9.17, 15) is 9.18 Å². The molecular weight excluding hydrogens is 369 g/mol. The number of halogens is 1. The van der Waals surface area contributed by atoms with Gasteiger partial charge in [-0.3, -0.25) is 4.79 Å². The number of aromatic amines is 1. The molecule has 2 N–H and O–H groups in total. The number of anilines is 2. The zero-order valence-electron chi connectivity index (χ0n) is 16.6. The normalized spacial score (nSPS) is 16.7. The first-order valence-electron chi connectivity index (χ1n) is 9.81. The lowest BCUT2D eigenvalue weighted by atomic mass is 10.0. The van der Waals surface area contributed by atoms with Gasteiger partial charge in [-0.15, -0.1) is 0 Å². The molecule has 0 amide bonds. The number of piperidine rings is 1. The standard InChI is InChI=1S/C22H24FN5O/c1-14-15(2)25-21(27-22(14)29)16-9-10-20(24-12-16)26-17-6-5-11-28(13-17)19-8-4-3-7-18(19)23/h3-4,7-10,12,17H,5-6,11,13H2,1-2H3,(H,24,26)(H,25,27,29). The van der Waals surface area contributed by atoms with Crippen LogP contribution < -0.4 is 15.8 Å². The molecule has 1 saturated heterocycles. The van der Waals surface area contributed by atoms with Crippen LogP contribution in [-0.4, -0.2) is 34.1 Å². The SMILES string of the molecule is Cc1nc(-c2ccc(NC3CCCN(c4ccccc4F)C3)nc2)[nH]c(=O)c1C. The van der Waals surface area contributed by atoms with Crippen molar-refractivity contribution in [2.75, 3.05) is 23.3 Å². The van der Waals surface area contributed by atoms with Crippen molar-refractivity contribution in [1.29, 1.82) is 0 Å². The Bertz CT molecular complexity index is 1060. The molecular formula is C22H24FN5O. The summed E-state index contributed by atoms with van der Waals surface area (Å²) in [6.45, 7) is 5.14. The van der Waals surface area contributed by atoms with Crippen LogP contribution >= 0.6 is 0 Å². The molecule has 1 fully saturated rings. The molecule has 0 saturated carbocycles. The molecule has 1 aromatic carbocycles. The molecule has 1 aliphatic rings. The third-order valence-electron chi connectivity index (χ3n) is 5.40. The molecule has 3 heterocycles. The number of hydrogen-bond acceptors (Lipinski definition) is 5. The van der Waals surface area contributed by atoms with Crippen LogP contribution in [0, 0.1) is 19.7 Å². The fourth-order valence-electron chi connectivity index (χ4n) is 3.63. The van der Waals surface area contributed by atoms with E-state index in [0.717, 1.165) is 37.3 Å². The quantitative estimate of drug-likeness (QED) is 0.708. The Balaban J connectivity index is 1.46. The van der Waals surface area contributed by atoms with Crippen molar-refractivity contribution >= 4 is 11.5 Å². The Kier molecular flexibility index (Phi) is 5.29. The molecule has 4 rings (SSSR count). The topological polar surface area (TPSA) is 73.9 Å². The van der Waals surface area contributed by atoms with E-state index in [1.54, 1.807) is 19.2 Å². The van der Waals surface area contributed by atoms with E-state index in [1.165, 1.54) is 6.07 Å². The van der Waals surface area contributed by atoms with Crippen LogP contribution in [0.25, 0.3) is 11.4 Å². The summed E-state index contributed by atoms with van der Waals surface area (Å²) in [5.41, 5.74) is 2.60. The number of nitrogens with zero attached hydrogens (tertiary/aromatic N) is 3. The highest BCUT2D eigenvalue weighted by Gasteiger charge is 2.22. The molecule has 6 nitrogen and oxygen atoms in total. The lowest BCUT2D eigenvalue weighted by molar-refractivity contribution is 0.518. The molecule has 1 aliphatic heterocycles. The van der Waals surface area contributed by atoms with Crippen molar-refractivity contribution in [3.05, 3.63) is 70.0 Å². The number of hydrogen-bond donors (Lipinski definition) is 2. The summed E-state index contributed by atoms with van der Waals surface area (Å²) in [7, 11) is 0. The Morgan fingerprint density at radius 1 is 1.21 bits per heavy atom. The molecule has 0 radical (unpaired) electrons. The third kappa shape index (κ3) is 4.13. The van der Waals surface area contributed by atoms with Crippen molar-refractivity contribution in [2.45, 2.75) is 32.7 Å². The van der Waals surface area contributed by atoms with E-state index in [4.69, 9.17) is 0 Å². The van der Waals surface area contributed by atoms with Gasteiger partial charge in [0.1, 0.15) is 17.5 Å². The maximum Gasteiger partial charge on any atom is 0.254 e. The molecule has 0 aliphatic carbocycles. The van der Waals surface area contributed by atoms with Gasteiger partial charge in [0.15, 0.2) is 0 Å². The van der Waals surface area contributed by atoms with E-state index in [0.29, 0.717) is 22.8 Å². The van der Waals surface area contributed by atoms with Crippen LogP contribution in [0.4, 0.5) is 15.9 Å². The largest absolute Gasteiger partial charge is 0.367 e. The highest BCUT2D eigenvalue weighted by molar-refractivity contribution is 5.56. The van der Waals surface area contributed by atoms with E-state index in [-0.39, 0.29) is 17.4 Å². The second-order valence-electron chi connectivity index (χ2n) is 7.44. The van der Waals surface area contributed by atoms with E-state index >= 15 is 0 Å². The van der Waals surface area contributed by atoms with Gasteiger partial charge in [-0.05, 0) is 51.0 Å². The van der Waals surface area contributed by atoms with Crippen molar-refractivity contribution in [3.8, 4) is 11.4 Å². The highest BCUT2D eigenvalue weighted by atomic mass is 19.1. The van der Waals surface area contributed by atoms with Gasteiger partial charge in [-0.25, -0.2) is 14.4 Å². The van der Waals surface area contributed by atoms with Crippen molar-refractivity contribution in [2.24, 2.45) is 0 Å². The number of pyridine rings is 1. The van der Waals surface area contributed by atoms with Gasteiger partial charge in [0.05, 0.1) is 5.69 Å². The second-order valence-corrected chi connectivity index (χ2v) is 7.44. The third-order valence-corrected chi connectivity index (χ3v) is 5.40. The van der Waals surface area contributed by atoms with Crippen LogP contribution in [0.3, 0.4) is 0 Å².